The fourth-order valence-electron chi connectivity index (χ4n) is 5.16. The third-order valence-electron chi connectivity index (χ3n) is 6.23. The Morgan fingerprint density at radius 3 is 2.33 bits per heavy atom. The average Bonchev–Trinajstić information content (AvgIpc) is 2.49. The van der Waals surface area contributed by atoms with Crippen LogP contribution in [0.1, 0.15) is 77.0 Å². The zero-order valence-corrected chi connectivity index (χ0v) is 14.5. The quantitative estimate of drug-likeness (QED) is 0.623. The lowest BCUT2D eigenvalue weighted by Gasteiger charge is -2.38. The van der Waals surface area contributed by atoms with Gasteiger partial charge in [-0.25, -0.2) is 0 Å². The van der Waals surface area contributed by atoms with E-state index in [-0.39, 0.29) is 0 Å². The van der Waals surface area contributed by atoms with E-state index in [4.69, 9.17) is 11.6 Å². The number of alkyl halides is 1. The number of halogens is 1. The van der Waals surface area contributed by atoms with Gasteiger partial charge in [0.05, 0.1) is 0 Å². The van der Waals surface area contributed by atoms with Crippen LogP contribution < -0.4 is 0 Å². The van der Waals surface area contributed by atoms with Gasteiger partial charge in [-0.05, 0) is 62.8 Å². The van der Waals surface area contributed by atoms with Crippen molar-refractivity contribution in [1.82, 2.24) is 4.90 Å². The van der Waals surface area contributed by atoms with Crippen molar-refractivity contribution in [3.63, 3.8) is 0 Å². The Morgan fingerprint density at radius 2 is 1.52 bits per heavy atom. The van der Waals surface area contributed by atoms with Crippen LogP contribution in [0.2, 0.25) is 0 Å². The van der Waals surface area contributed by atoms with E-state index in [2.05, 4.69) is 4.90 Å². The Morgan fingerprint density at radius 1 is 0.762 bits per heavy atom. The monoisotopic (exact) mass is 311 g/mol. The molecule has 2 heteroatoms. The molecule has 1 nitrogen and oxygen atoms in total. The molecule has 0 aromatic carbocycles. The van der Waals surface area contributed by atoms with E-state index >= 15 is 0 Å². The van der Waals surface area contributed by atoms with Crippen LogP contribution in [0.4, 0.5) is 0 Å². The lowest BCUT2D eigenvalue weighted by molar-refractivity contribution is 0.120. The van der Waals surface area contributed by atoms with Crippen molar-refractivity contribution < 1.29 is 0 Å². The van der Waals surface area contributed by atoms with Gasteiger partial charge < -0.3 is 4.90 Å². The summed E-state index contributed by atoms with van der Waals surface area (Å²) in [5.41, 5.74) is 0. The smallest absolute Gasteiger partial charge is 0.0339 e. The molecular formula is C19H34ClN. The topological polar surface area (TPSA) is 3.24 Å². The highest BCUT2D eigenvalue weighted by atomic mass is 35.5. The fourth-order valence-corrected chi connectivity index (χ4v) is 5.57. The van der Waals surface area contributed by atoms with Crippen LogP contribution >= 0.6 is 11.6 Å². The molecule has 0 aromatic heterocycles. The van der Waals surface area contributed by atoms with Crippen molar-refractivity contribution in [2.75, 3.05) is 19.6 Å². The summed E-state index contributed by atoms with van der Waals surface area (Å²) in [5, 5.41) is 0.464. The Labute approximate surface area is 136 Å². The SMILES string of the molecule is ClC1CCCC(CN2CCCC(CC3CCCCC3)C2)C1. The van der Waals surface area contributed by atoms with Crippen molar-refractivity contribution in [3.8, 4) is 0 Å². The summed E-state index contributed by atoms with van der Waals surface area (Å²) < 4.78 is 0. The molecule has 3 aliphatic rings. The van der Waals surface area contributed by atoms with Crippen LogP contribution in [0.25, 0.3) is 0 Å². The third kappa shape index (κ3) is 5.13. The van der Waals surface area contributed by atoms with E-state index in [0.29, 0.717) is 5.38 Å². The summed E-state index contributed by atoms with van der Waals surface area (Å²) in [5.74, 6) is 2.94. The lowest BCUT2D eigenvalue weighted by Crippen LogP contribution is -2.40. The molecule has 0 amide bonds. The van der Waals surface area contributed by atoms with Gasteiger partial charge in [0.15, 0.2) is 0 Å². The van der Waals surface area contributed by atoms with Crippen LogP contribution in [-0.2, 0) is 0 Å². The highest BCUT2D eigenvalue weighted by Crippen LogP contribution is 2.33. The van der Waals surface area contributed by atoms with E-state index in [0.717, 1.165) is 17.8 Å². The van der Waals surface area contributed by atoms with Gasteiger partial charge in [-0.3, -0.25) is 0 Å². The van der Waals surface area contributed by atoms with Gasteiger partial charge in [0.1, 0.15) is 0 Å². The molecule has 3 rings (SSSR count). The van der Waals surface area contributed by atoms with Gasteiger partial charge in [0.25, 0.3) is 0 Å². The molecule has 0 spiro atoms. The highest BCUT2D eigenvalue weighted by molar-refractivity contribution is 6.20. The first-order valence-electron chi connectivity index (χ1n) is 9.66. The minimum atomic E-state index is 0.464. The summed E-state index contributed by atoms with van der Waals surface area (Å²) in [4.78, 5) is 2.79. The molecule has 2 saturated carbocycles. The van der Waals surface area contributed by atoms with Crippen LogP contribution in [0.15, 0.2) is 0 Å². The molecule has 0 radical (unpaired) electrons. The number of rotatable bonds is 4. The number of nitrogens with zero attached hydrogens (tertiary/aromatic N) is 1. The molecule has 2 aliphatic carbocycles. The van der Waals surface area contributed by atoms with Gasteiger partial charge >= 0.3 is 0 Å². The van der Waals surface area contributed by atoms with Crippen molar-refractivity contribution in [3.05, 3.63) is 0 Å². The predicted octanol–water partition coefficient (Wildman–Crippen LogP) is 5.47. The van der Waals surface area contributed by atoms with Crippen LogP contribution in [0, 0.1) is 17.8 Å². The number of likely N-dealkylation sites (tertiary alicyclic amines) is 1. The number of piperidine rings is 1. The molecule has 1 heterocycles. The van der Waals surface area contributed by atoms with E-state index in [1.807, 2.05) is 0 Å². The maximum atomic E-state index is 6.37. The molecule has 1 saturated heterocycles. The van der Waals surface area contributed by atoms with E-state index in [1.54, 1.807) is 0 Å². The largest absolute Gasteiger partial charge is 0.303 e. The molecule has 3 fully saturated rings. The molecule has 0 aromatic rings. The zero-order chi connectivity index (χ0) is 14.5. The van der Waals surface area contributed by atoms with Crippen LogP contribution in [0.3, 0.4) is 0 Å². The average molecular weight is 312 g/mol. The summed E-state index contributed by atoms with van der Waals surface area (Å²) in [6.07, 6.45) is 17.3. The summed E-state index contributed by atoms with van der Waals surface area (Å²) in [6.45, 7) is 4.08. The molecule has 0 bridgehead atoms. The first-order chi connectivity index (χ1) is 10.3. The first kappa shape index (κ1) is 16.1. The Kier molecular flexibility index (Phi) is 6.29. The second kappa shape index (κ2) is 8.20. The minimum Gasteiger partial charge on any atom is -0.303 e. The van der Waals surface area contributed by atoms with Crippen molar-refractivity contribution in [2.24, 2.45) is 17.8 Å². The van der Waals surface area contributed by atoms with Gasteiger partial charge in [-0.2, -0.15) is 0 Å². The van der Waals surface area contributed by atoms with Gasteiger partial charge in [0.2, 0.25) is 0 Å². The Balaban J connectivity index is 1.42. The van der Waals surface area contributed by atoms with Crippen molar-refractivity contribution in [1.29, 1.82) is 0 Å². The predicted molar refractivity (Wildman–Crippen MR) is 92.0 cm³/mol. The molecule has 1 aliphatic heterocycles. The third-order valence-corrected chi connectivity index (χ3v) is 6.63. The molecule has 122 valence electrons. The van der Waals surface area contributed by atoms with Gasteiger partial charge in [-0.15, -0.1) is 11.6 Å². The summed E-state index contributed by atoms with van der Waals surface area (Å²) >= 11 is 6.37. The van der Waals surface area contributed by atoms with Gasteiger partial charge in [0, 0.05) is 18.5 Å². The van der Waals surface area contributed by atoms with E-state index in [1.165, 1.54) is 96.7 Å². The maximum Gasteiger partial charge on any atom is 0.0339 e. The van der Waals surface area contributed by atoms with Gasteiger partial charge in [-0.1, -0.05) is 38.5 Å². The standard InChI is InChI=1S/C19H34ClN/c20-19-10-4-8-18(13-19)15-21-11-5-9-17(14-21)12-16-6-2-1-3-7-16/h16-19H,1-15H2. The second-order valence-electron chi connectivity index (χ2n) is 8.14. The highest BCUT2D eigenvalue weighted by Gasteiger charge is 2.27. The van der Waals surface area contributed by atoms with Crippen LogP contribution in [0.5, 0.6) is 0 Å². The minimum absolute atomic E-state index is 0.464. The summed E-state index contributed by atoms with van der Waals surface area (Å²) in [7, 11) is 0. The Hall–Kier alpha value is 0.250. The molecular weight excluding hydrogens is 278 g/mol. The maximum absolute atomic E-state index is 6.37. The normalized spacial score (nSPS) is 36.7. The number of hydrogen-bond acceptors (Lipinski definition) is 1. The van der Waals surface area contributed by atoms with Crippen molar-refractivity contribution in [2.45, 2.75) is 82.4 Å². The Bertz CT molecular complexity index is 300. The lowest BCUT2D eigenvalue weighted by atomic mass is 9.80. The first-order valence-corrected chi connectivity index (χ1v) is 10.1. The molecule has 0 N–H and O–H groups in total. The summed E-state index contributed by atoms with van der Waals surface area (Å²) in [6, 6.07) is 0. The second-order valence-corrected chi connectivity index (χ2v) is 8.75. The van der Waals surface area contributed by atoms with Crippen molar-refractivity contribution >= 4 is 11.6 Å². The number of hydrogen-bond donors (Lipinski definition) is 0. The fraction of sp³-hybridized carbons (Fsp3) is 1.00. The van der Waals surface area contributed by atoms with Crippen LogP contribution in [-0.4, -0.2) is 29.9 Å². The molecule has 3 atom stereocenters. The van der Waals surface area contributed by atoms with E-state index < -0.39 is 0 Å². The zero-order valence-electron chi connectivity index (χ0n) is 13.7. The molecule has 21 heavy (non-hydrogen) atoms. The van der Waals surface area contributed by atoms with E-state index in [9.17, 15) is 0 Å². The molecule has 3 unspecified atom stereocenters.